The number of hydrogen-bond donors (Lipinski definition) is 2. The average Bonchev–Trinajstić information content (AvgIpc) is 3.48. The molecule has 49 heavy (non-hydrogen) atoms. The van der Waals surface area contributed by atoms with Gasteiger partial charge in [0, 0.05) is 31.7 Å². The van der Waals surface area contributed by atoms with Crippen molar-refractivity contribution in [1.29, 1.82) is 0 Å². The summed E-state index contributed by atoms with van der Waals surface area (Å²) >= 11 is 0. The van der Waals surface area contributed by atoms with Crippen molar-refractivity contribution < 1.29 is 67.2 Å². The third kappa shape index (κ3) is 8.86. The number of aliphatic hydroxyl groups excluding tert-OH is 1. The van der Waals surface area contributed by atoms with Crippen LogP contribution >= 0.6 is 0 Å². The highest BCUT2D eigenvalue weighted by molar-refractivity contribution is 5.69. The molecule has 268 valence electrons. The van der Waals surface area contributed by atoms with Crippen LogP contribution in [0.4, 0.5) is 17.1 Å². The van der Waals surface area contributed by atoms with Crippen LogP contribution in [0.3, 0.4) is 0 Å². The molecule has 1 aromatic carbocycles. The summed E-state index contributed by atoms with van der Waals surface area (Å²) in [6.07, 6.45) is -10.7. The predicted octanol–water partition coefficient (Wildman–Crippen LogP) is 1.37. The van der Waals surface area contributed by atoms with Crippen molar-refractivity contribution >= 4 is 35.0 Å². The lowest BCUT2D eigenvalue weighted by Crippen LogP contribution is -2.64. The molecule has 10 atom stereocenters. The van der Waals surface area contributed by atoms with E-state index in [1.165, 1.54) is 0 Å². The van der Waals surface area contributed by atoms with Gasteiger partial charge >= 0.3 is 17.9 Å². The van der Waals surface area contributed by atoms with E-state index in [1.807, 2.05) is 0 Å². The lowest BCUT2D eigenvalue weighted by molar-refractivity contribution is -0.393. The van der Waals surface area contributed by atoms with E-state index in [-0.39, 0.29) is 5.69 Å². The molecule has 3 aliphatic heterocycles. The van der Waals surface area contributed by atoms with Gasteiger partial charge in [-0.25, -0.2) is 0 Å². The molecule has 22 heteroatoms. The minimum absolute atomic E-state index is 0.312. The SMILES string of the molecule is CC(=O)OCC1OC(OCC(O)C2OC3OC(C)(C)OC3C2N=[N+]=[N-])C(OC(C)=O)C(Nc2ccc([N+](=O)[O-])cc2[N+](=O)[O-])C1OC(C)=O. The summed E-state index contributed by atoms with van der Waals surface area (Å²) in [6.45, 7) is 5.23. The molecule has 0 amide bonds. The van der Waals surface area contributed by atoms with E-state index in [9.17, 15) is 39.7 Å². The number of nitro groups is 2. The summed E-state index contributed by atoms with van der Waals surface area (Å²) < 4.78 is 45.1. The molecular weight excluding hydrogens is 664 g/mol. The quantitative estimate of drug-likeness (QED) is 0.0559. The maximum absolute atomic E-state index is 12.3. The first kappa shape index (κ1) is 37.1. The number of nitrogens with one attached hydrogen (secondary N) is 1. The number of carbonyl (C=O) groups is 3. The Morgan fingerprint density at radius 2 is 1.73 bits per heavy atom. The Hall–Kier alpha value is -4.70. The number of nitro benzene ring substituents is 2. The zero-order valence-corrected chi connectivity index (χ0v) is 26.7. The molecule has 0 aromatic heterocycles. The fourth-order valence-corrected chi connectivity index (χ4v) is 5.61. The molecule has 3 saturated heterocycles. The second-order valence-electron chi connectivity index (χ2n) is 11.5. The molecule has 0 radical (unpaired) electrons. The number of fused-ring (bicyclic) bond motifs is 1. The maximum atomic E-state index is 12.3. The average molecular weight is 699 g/mol. The van der Waals surface area contributed by atoms with E-state index < -0.39 is 119 Å². The topological polar surface area (TPSA) is 292 Å². The number of ether oxygens (including phenoxy) is 8. The Bertz CT molecular complexity index is 1500. The largest absolute Gasteiger partial charge is 0.463 e. The summed E-state index contributed by atoms with van der Waals surface area (Å²) in [5.74, 6) is -3.59. The van der Waals surface area contributed by atoms with E-state index in [0.717, 1.165) is 32.9 Å². The van der Waals surface area contributed by atoms with E-state index in [1.54, 1.807) is 13.8 Å². The summed E-state index contributed by atoms with van der Waals surface area (Å²) in [7, 11) is 0. The van der Waals surface area contributed by atoms with Gasteiger partial charge in [-0.15, -0.1) is 0 Å². The number of rotatable bonds is 13. The molecule has 2 N–H and O–H groups in total. The molecule has 3 heterocycles. The fourth-order valence-electron chi connectivity index (χ4n) is 5.61. The first-order chi connectivity index (χ1) is 23.0. The van der Waals surface area contributed by atoms with Crippen molar-refractivity contribution in [1.82, 2.24) is 0 Å². The lowest BCUT2D eigenvalue weighted by atomic mass is 9.94. The summed E-state index contributed by atoms with van der Waals surface area (Å²) in [5, 5.41) is 40.8. The van der Waals surface area contributed by atoms with Crippen LogP contribution in [0.1, 0.15) is 34.6 Å². The highest BCUT2D eigenvalue weighted by Crippen LogP contribution is 2.40. The number of carbonyl (C=O) groups excluding carboxylic acids is 3. The molecule has 1 aromatic rings. The third-order valence-corrected chi connectivity index (χ3v) is 7.47. The number of hydrogen-bond acceptors (Lipinski definition) is 18. The van der Waals surface area contributed by atoms with E-state index >= 15 is 0 Å². The first-order valence-corrected chi connectivity index (χ1v) is 14.7. The lowest BCUT2D eigenvalue weighted by Gasteiger charge is -2.45. The number of azide groups is 1. The van der Waals surface area contributed by atoms with Crippen LogP contribution in [0, 0.1) is 20.2 Å². The molecule has 3 fully saturated rings. The summed E-state index contributed by atoms with van der Waals surface area (Å²) in [6, 6.07) is 0.177. The maximum Gasteiger partial charge on any atom is 0.303 e. The second kappa shape index (κ2) is 15.2. The number of benzene rings is 1. The van der Waals surface area contributed by atoms with Gasteiger partial charge in [-0.3, -0.25) is 34.6 Å². The molecular formula is C27H34N6O16. The molecule has 0 saturated carbocycles. The second-order valence-corrected chi connectivity index (χ2v) is 11.5. The van der Waals surface area contributed by atoms with Crippen LogP contribution < -0.4 is 5.32 Å². The molecule has 0 aliphatic carbocycles. The molecule has 3 aliphatic rings. The van der Waals surface area contributed by atoms with Crippen LogP contribution in [-0.4, -0.2) is 113 Å². The van der Waals surface area contributed by atoms with Crippen LogP contribution in [0.5, 0.6) is 0 Å². The van der Waals surface area contributed by atoms with Gasteiger partial charge in [-0.05, 0) is 25.4 Å². The van der Waals surface area contributed by atoms with Crippen LogP contribution in [-0.2, 0) is 52.3 Å². The van der Waals surface area contributed by atoms with Gasteiger partial charge in [-0.2, -0.15) is 0 Å². The third-order valence-electron chi connectivity index (χ3n) is 7.47. The van der Waals surface area contributed by atoms with Crippen LogP contribution in [0.25, 0.3) is 10.4 Å². The van der Waals surface area contributed by atoms with Crippen molar-refractivity contribution in [2.45, 2.75) is 102 Å². The standard InChI is InChI=1S/C27H34N6O16/c1-11(34)42-10-18-22(44-12(2)35)19(29-15-7-6-14(32(38)39)8-16(15)33(40)41)23(45-13(3)36)25(46-18)43-9-17(37)21-20(30-31-28)24-26(47-21)49-27(4,5)48-24/h6-8,17-26,29,37H,9-10H2,1-5H3. The highest BCUT2D eigenvalue weighted by Gasteiger charge is 2.57. The summed E-state index contributed by atoms with van der Waals surface area (Å²) in [5.41, 5.74) is 7.48. The fraction of sp³-hybridized carbons (Fsp3) is 0.667. The monoisotopic (exact) mass is 698 g/mol. The summed E-state index contributed by atoms with van der Waals surface area (Å²) in [4.78, 5) is 60.6. The van der Waals surface area contributed by atoms with Gasteiger partial charge in [0.25, 0.3) is 11.4 Å². The smallest absolute Gasteiger partial charge is 0.303 e. The van der Waals surface area contributed by atoms with E-state index in [2.05, 4.69) is 15.3 Å². The number of non-ortho nitro benzene ring substituents is 1. The molecule has 22 nitrogen and oxygen atoms in total. The van der Waals surface area contributed by atoms with Crippen molar-refractivity contribution in [3.05, 3.63) is 48.9 Å². The Morgan fingerprint density at radius 1 is 1.06 bits per heavy atom. The van der Waals surface area contributed by atoms with Crippen LogP contribution in [0.2, 0.25) is 0 Å². The van der Waals surface area contributed by atoms with Crippen LogP contribution in [0.15, 0.2) is 23.3 Å². The van der Waals surface area contributed by atoms with E-state index in [4.69, 9.17) is 43.4 Å². The Labute approximate surface area is 276 Å². The minimum Gasteiger partial charge on any atom is -0.463 e. The Morgan fingerprint density at radius 3 is 2.33 bits per heavy atom. The van der Waals surface area contributed by atoms with Gasteiger partial charge in [0.15, 0.2) is 30.6 Å². The zero-order valence-electron chi connectivity index (χ0n) is 26.7. The number of anilines is 1. The number of esters is 3. The predicted molar refractivity (Wildman–Crippen MR) is 157 cm³/mol. The van der Waals surface area contributed by atoms with Gasteiger partial charge in [0.2, 0.25) is 0 Å². The molecule has 4 rings (SSSR count). The number of aliphatic hydroxyl groups is 1. The molecule has 0 spiro atoms. The Kier molecular flexibility index (Phi) is 11.5. The Balaban J connectivity index is 1.68. The normalized spacial score (nSPS) is 30.6. The highest BCUT2D eigenvalue weighted by atomic mass is 16.8. The minimum atomic E-state index is -1.65. The van der Waals surface area contributed by atoms with Gasteiger partial charge in [0.05, 0.1) is 28.6 Å². The van der Waals surface area contributed by atoms with E-state index in [0.29, 0.717) is 6.07 Å². The van der Waals surface area contributed by atoms with Crippen molar-refractivity contribution in [2.24, 2.45) is 5.11 Å². The molecule has 0 bridgehead atoms. The van der Waals surface area contributed by atoms with Crippen molar-refractivity contribution in [3.63, 3.8) is 0 Å². The van der Waals surface area contributed by atoms with Gasteiger partial charge in [0.1, 0.15) is 42.8 Å². The van der Waals surface area contributed by atoms with Crippen molar-refractivity contribution in [2.75, 3.05) is 18.5 Å². The number of nitrogens with zero attached hydrogens (tertiary/aromatic N) is 5. The van der Waals surface area contributed by atoms with Crippen molar-refractivity contribution in [3.8, 4) is 0 Å². The molecule has 10 unspecified atom stereocenters. The van der Waals surface area contributed by atoms with Gasteiger partial charge in [-0.1, -0.05) is 5.11 Å². The first-order valence-electron chi connectivity index (χ1n) is 14.7. The van der Waals surface area contributed by atoms with Gasteiger partial charge < -0.3 is 48.3 Å². The zero-order chi connectivity index (χ0) is 36.2.